The van der Waals surface area contributed by atoms with Gasteiger partial charge in [-0.1, -0.05) is 61.4 Å². The third-order valence-electron chi connectivity index (χ3n) is 6.46. The van der Waals surface area contributed by atoms with Crippen molar-refractivity contribution in [1.82, 2.24) is 14.7 Å². The first kappa shape index (κ1) is 21.4. The van der Waals surface area contributed by atoms with E-state index in [9.17, 15) is 4.79 Å². The number of rotatable bonds is 4. The summed E-state index contributed by atoms with van der Waals surface area (Å²) >= 11 is 7.02. The number of aromatic nitrogens is 2. The number of para-hydroxylation sites is 1. The fourth-order valence-electron chi connectivity index (χ4n) is 4.75. The second kappa shape index (κ2) is 8.92. The van der Waals surface area contributed by atoms with Crippen molar-refractivity contribution < 1.29 is 14.3 Å². The maximum atomic E-state index is 13.4. The number of ether oxygens (including phenoxy) is 2. The van der Waals surface area contributed by atoms with E-state index in [1.807, 2.05) is 70.4 Å². The van der Waals surface area contributed by atoms with Crippen LogP contribution >= 0.6 is 24.0 Å². The zero-order valence-corrected chi connectivity index (χ0v) is 20.1. The van der Waals surface area contributed by atoms with Gasteiger partial charge in [-0.05, 0) is 49.2 Å². The molecule has 2 aliphatic heterocycles. The topological polar surface area (TPSA) is 56.6 Å². The van der Waals surface area contributed by atoms with Crippen molar-refractivity contribution in [2.75, 3.05) is 6.79 Å². The zero-order valence-electron chi connectivity index (χ0n) is 18.5. The van der Waals surface area contributed by atoms with Gasteiger partial charge in [0.05, 0.1) is 10.6 Å². The summed E-state index contributed by atoms with van der Waals surface area (Å²) in [4.78, 5) is 15.9. The van der Waals surface area contributed by atoms with Gasteiger partial charge in [-0.2, -0.15) is 5.10 Å². The molecule has 0 spiro atoms. The molecule has 8 heteroatoms. The average molecular weight is 490 g/mol. The Labute approximate surface area is 207 Å². The van der Waals surface area contributed by atoms with Crippen LogP contribution in [-0.4, -0.2) is 37.7 Å². The monoisotopic (exact) mass is 489 g/mol. The van der Waals surface area contributed by atoms with E-state index >= 15 is 0 Å². The highest BCUT2D eigenvalue weighted by atomic mass is 32.2. The molecule has 3 aromatic rings. The molecule has 3 heterocycles. The molecule has 1 saturated heterocycles. The molecule has 1 aliphatic carbocycles. The predicted octanol–water partition coefficient (Wildman–Crippen LogP) is 5.80. The van der Waals surface area contributed by atoms with Crippen LogP contribution in [0.5, 0.6) is 11.5 Å². The maximum absolute atomic E-state index is 13.4. The number of hydrogen-bond acceptors (Lipinski definition) is 6. The van der Waals surface area contributed by atoms with Crippen molar-refractivity contribution in [3.05, 3.63) is 65.2 Å². The van der Waals surface area contributed by atoms with Crippen molar-refractivity contribution in [3.8, 4) is 28.4 Å². The van der Waals surface area contributed by atoms with E-state index in [4.69, 9.17) is 26.8 Å². The normalized spacial score (nSPS) is 19.4. The minimum Gasteiger partial charge on any atom is -0.454 e. The minimum absolute atomic E-state index is 0.00555. The van der Waals surface area contributed by atoms with Crippen LogP contribution in [0.15, 0.2) is 59.6 Å². The van der Waals surface area contributed by atoms with Gasteiger partial charge in [-0.3, -0.25) is 9.69 Å². The number of benzene rings is 2. The molecule has 0 unspecified atom stereocenters. The quantitative estimate of drug-likeness (QED) is 0.341. The fraction of sp³-hybridized carbons (Fsp3) is 0.269. The van der Waals surface area contributed by atoms with Crippen molar-refractivity contribution in [2.24, 2.45) is 0 Å². The Hall–Kier alpha value is -3.10. The molecule has 1 saturated carbocycles. The lowest BCUT2D eigenvalue weighted by Gasteiger charge is -2.29. The highest BCUT2D eigenvalue weighted by Crippen LogP contribution is 2.40. The smallest absolute Gasteiger partial charge is 0.266 e. The lowest BCUT2D eigenvalue weighted by molar-refractivity contribution is -0.124. The molecule has 2 aromatic carbocycles. The van der Waals surface area contributed by atoms with Gasteiger partial charge >= 0.3 is 0 Å². The zero-order chi connectivity index (χ0) is 23.1. The summed E-state index contributed by atoms with van der Waals surface area (Å²) in [5, 5.41) is 4.88. The Morgan fingerprint density at radius 2 is 1.82 bits per heavy atom. The highest BCUT2D eigenvalue weighted by molar-refractivity contribution is 8.26. The summed E-state index contributed by atoms with van der Waals surface area (Å²) in [5.74, 6) is 1.42. The van der Waals surface area contributed by atoms with Crippen LogP contribution < -0.4 is 9.47 Å². The first-order valence-corrected chi connectivity index (χ1v) is 12.7. The first-order valence-electron chi connectivity index (χ1n) is 11.5. The van der Waals surface area contributed by atoms with Gasteiger partial charge < -0.3 is 9.47 Å². The Balaban J connectivity index is 1.40. The summed E-state index contributed by atoms with van der Waals surface area (Å²) in [7, 11) is 0. The van der Waals surface area contributed by atoms with Crippen LogP contribution in [0.4, 0.5) is 0 Å². The first-order chi connectivity index (χ1) is 16.7. The van der Waals surface area contributed by atoms with Crippen molar-refractivity contribution in [2.45, 2.75) is 38.1 Å². The lowest BCUT2D eigenvalue weighted by Crippen LogP contribution is -2.39. The number of amides is 1. The molecule has 0 atom stereocenters. The predicted molar refractivity (Wildman–Crippen MR) is 137 cm³/mol. The molecule has 0 N–H and O–H groups in total. The van der Waals surface area contributed by atoms with E-state index in [1.54, 1.807) is 0 Å². The third-order valence-corrected chi connectivity index (χ3v) is 7.79. The van der Waals surface area contributed by atoms with Crippen LogP contribution in [0.3, 0.4) is 0 Å². The largest absolute Gasteiger partial charge is 0.454 e. The molecule has 2 fully saturated rings. The Bertz CT molecular complexity index is 1300. The second-order valence-electron chi connectivity index (χ2n) is 8.62. The number of carbonyl (C=O) groups is 1. The summed E-state index contributed by atoms with van der Waals surface area (Å²) in [6.07, 6.45) is 9.47. The van der Waals surface area contributed by atoms with E-state index in [1.165, 1.54) is 18.2 Å². The SMILES string of the molecule is O=C1/C(=C/c2cn(-c3ccccc3)nc2-c2ccc3c(c2)OCO3)SC(=S)N1C1CCCCC1. The number of hydrogen-bond donors (Lipinski definition) is 0. The van der Waals surface area contributed by atoms with Crippen LogP contribution in [0.2, 0.25) is 0 Å². The van der Waals surface area contributed by atoms with Gasteiger partial charge in [0.25, 0.3) is 5.91 Å². The van der Waals surface area contributed by atoms with Gasteiger partial charge in [0.15, 0.2) is 11.5 Å². The number of nitrogens with zero attached hydrogens (tertiary/aromatic N) is 3. The number of carbonyl (C=O) groups excluding carboxylic acids is 1. The van der Waals surface area contributed by atoms with E-state index in [0.29, 0.717) is 15.0 Å². The molecular formula is C26H23N3O3S2. The summed E-state index contributed by atoms with van der Waals surface area (Å²) in [5.41, 5.74) is 3.46. The number of fused-ring (bicyclic) bond motifs is 1. The van der Waals surface area contributed by atoms with Gasteiger partial charge in [0.1, 0.15) is 10.0 Å². The molecule has 3 aliphatic rings. The van der Waals surface area contributed by atoms with E-state index < -0.39 is 0 Å². The van der Waals surface area contributed by atoms with Gasteiger partial charge in [-0.15, -0.1) is 0 Å². The maximum Gasteiger partial charge on any atom is 0.266 e. The molecule has 0 radical (unpaired) electrons. The second-order valence-corrected chi connectivity index (χ2v) is 10.3. The lowest BCUT2D eigenvalue weighted by atomic mass is 9.94. The summed E-state index contributed by atoms with van der Waals surface area (Å²) in [6.45, 7) is 0.216. The number of thioether (sulfide) groups is 1. The number of thiocarbonyl (C=S) groups is 1. The fourth-order valence-corrected chi connectivity index (χ4v) is 6.14. The molecular weight excluding hydrogens is 466 g/mol. The standard InChI is InChI=1S/C26H23N3O3S2/c30-25-23(34-26(33)29(25)20-9-5-2-6-10-20)14-18-15-28(19-7-3-1-4-8-19)27-24(18)17-11-12-21-22(13-17)32-16-31-21/h1,3-4,7-8,11-15,20H,2,5-6,9-10,16H2/b23-14-. The third kappa shape index (κ3) is 3.91. The molecule has 1 aromatic heterocycles. The van der Waals surface area contributed by atoms with E-state index in [-0.39, 0.29) is 18.7 Å². The van der Waals surface area contributed by atoms with Gasteiger partial charge in [0, 0.05) is 23.4 Å². The molecule has 6 nitrogen and oxygen atoms in total. The molecule has 6 rings (SSSR count). The molecule has 172 valence electrons. The summed E-state index contributed by atoms with van der Waals surface area (Å²) < 4.78 is 13.5. The van der Waals surface area contributed by atoms with E-state index in [0.717, 1.165) is 53.9 Å². The van der Waals surface area contributed by atoms with Gasteiger partial charge in [0.2, 0.25) is 6.79 Å². The van der Waals surface area contributed by atoms with Crippen molar-refractivity contribution in [1.29, 1.82) is 0 Å². The summed E-state index contributed by atoms with van der Waals surface area (Å²) in [6, 6.07) is 16.0. The molecule has 34 heavy (non-hydrogen) atoms. The van der Waals surface area contributed by atoms with Crippen molar-refractivity contribution in [3.63, 3.8) is 0 Å². The minimum atomic E-state index is 0.00555. The van der Waals surface area contributed by atoms with Crippen LogP contribution in [0.1, 0.15) is 37.7 Å². The average Bonchev–Trinajstić information content (AvgIpc) is 3.57. The van der Waals surface area contributed by atoms with E-state index in [2.05, 4.69) is 0 Å². The van der Waals surface area contributed by atoms with Crippen molar-refractivity contribution >= 4 is 40.3 Å². The molecule has 1 amide bonds. The van der Waals surface area contributed by atoms with Crippen LogP contribution in [-0.2, 0) is 4.79 Å². The molecule has 0 bridgehead atoms. The van der Waals surface area contributed by atoms with Gasteiger partial charge in [-0.25, -0.2) is 4.68 Å². The van der Waals surface area contributed by atoms with Crippen LogP contribution in [0.25, 0.3) is 23.0 Å². The Morgan fingerprint density at radius 3 is 2.65 bits per heavy atom. The Morgan fingerprint density at radius 1 is 1.03 bits per heavy atom. The Kier molecular flexibility index (Phi) is 5.63. The van der Waals surface area contributed by atoms with Crippen LogP contribution in [0, 0.1) is 0 Å². The highest BCUT2D eigenvalue weighted by Gasteiger charge is 2.37.